The van der Waals surface area contributed by atoms with Crippen LogP contribution in [0, 0.1) is 17.8 Å². The van der Waals surface area contributed by atoms with Crippen LogP contribution in [-0.2, 0) is 4.79 Å². The van der Waals surface area contributed by atoms with Gasteiger partial charge in [0.15, 0.2) is 0 Å². The van der Waals surface area contributed by atoms with Crippen LogP contribution in [0.25, 0.3) is 0 Å². The Morgan fingerprint density at radius 1 is 0.889 bits per heavy atom. The van der Waals surface area contributed by atoms with Gasteiger partial charge in [0.2, 0.25) is 0 Å². The molecule has 150 valence electrons. The third-order valence-corrected chi connectivity index (χ3v) is 6.95. The van der Waals surface area contributed by atoms with Crippen LogP contribution in [0.15, 0.2) is 24.3 Å². The van der Waals surface area contributed by atoms with E-state index in [-0.39, 0.29) is 11.9 Å². The van der Waals surface area contributed by atoms with Crippen LogP contribution in [0.2, 0.25) is 0 Å². The number of hydrogen-bond acceptors (Lipinski definition) is 2. The van der Waals surface area contributed by atoms with Gasteiger partial charge in [0, 0.05) is 0 Å². The molecule has 3 rings (SSSR count). The zero-order chi connectivity index (χ0) is 19.1. The minimum Gasteiger partial charge on any atom is -0.426 e. The fraction of sp³-hybridized carbons (Fsp3) is 0.720. The van der Waals surface area contributed by atoms with Gasteiger partial charge in [0.05, 0.1) is 5.92 Å². The largest absolute Gasteiger partial charge is 0.426 e. The average molecular weight is 371 g/mol. The molecule has 0 radical (unpaired) electrons. The van der Waals surface area contributed by atoms with E-state index in [4.69, 9.17) is 4.74 Å². The highest BCUT2D eigenvalue weighted by atomic mass is 16.5. The topological polar surface area (TPSA) is 26.3 Å². The molecule has 0 bridgehead atoms. The molecule has 0 saturated heterocycles. The number of carbonyl (C=O) groups excluding carboxylic acids is 1. The number of ether oxygens (including phenoxy) is 1. The molecule has 2 nitrogen and oxygen atoms in total. The molecule has 1 aromatic rings. The standard InChI is InChI=1S/C25H38O2/c1-3-5-7-19-8-11-21(12-9-19)22-14-16-24(17-15-22)27-25(26)23-13-10-20(18-23)6-4-2/h14-17,19-21,23H,3-13,18H2,1-2H3/t19?,20-,21?,23-/m0/s1. The van der Waals surface area contributed by atoms with Gasteiger partial charge < -0.3 is 4.74 Å². The first kappa shape index (κ1) is 20.4. The van der Waals surface area contributed by atoms with Crippen molar-refractivity contribution in [2.24, 2.45) is 17.8 Å². The molecule has 1 aromatic carbocycles. The van der Waals surface area contributed by atoms with Crippen molar-refractivity contribution in [3.8, 4) is 5.75 Å². The van der Waals surface area contributed by atoms with E-state index in [2.05, 4.69) is 26.0 Å². The zero-order valence-corrected chi connectivity index (χ0v) is 17.4. The Morgan fingerprint density at radius 3 is 2.26 bits per heavy atom. The third-order valence-electron chi connectivity index (χ3n) is 6.95. The van der Waals surface area contributed by atoms with Crippen molar-refractivity contribution in [1.82, 2.24) is 0 Å². The SMILES string of the molecule is CCCCC1CCC(c2ccc(OC(=O)[C@H]3CC[C@H](CCC)C3)cc2)CC1. The molecule has 2 aliphatic rings. The van der Waals surface area contributed by atoms with Crippen molar-refractivity contribution in [2.75, 3.05) is 0 Å². The summed E-state index contributed by atoms with van der Waals surface area (Å²) >= 11 is 0. The predicted molar refractivity (Wildman–Crippen MR) is 112 cm³/mol. The van der Waals surface area contributed by atoms with Crippen LogP contribution in [-0.4, -0.2) is 5.97 Å². The lowest BCUT2D eigenvalue weighted by Gasteiger charge is -2.28. The Bertz CT molecular complexity index is 568. The first-order valence-corrected chi connectivity index (χ1v) is 11.5. The molecule has 0 spiro atoms. The molecule has 0 heterocycles. The van der Waals surface area contributed by atoms with Gasteiger partial charge in [-0.1, -0.05) is 58.1 Å². The highest BCUT2D eigenvalue weighted by molar-refractivity contribution is 5.75. The third kappa shape index (κ3) is 5.83. The number of hydrogen-bond donors (Lipinski definition) is 0. The van der Waals surface area contributed by atoms with Crippen LogP contribution in [0.4, 0.5) is 0 Å². The van der Waals surface area contributed by atoms with Crippen molar-refractivity contribution in [3.05, 3.63) is 29.8 Å². The minimum absolute atomic E-state index is 0.0159. The number of carbonyl (C=O) groups is 1. The first-order valence-electron chi connectivity index (χ1n) is 11.5. The van der Waals surface area contributed by atoms with Gasteiger partial charge >= 0.3 is 5.97 Å². The number of rotatable bonds is 8. The van der Waals surface area contributed by atoms with Gasteiger partial charge in [-0.25, -0.2) is 0 Å². The molecule has 0 aromatic heterocycles. The normalized spacial score (nSPS) is 28.2. The molecular formula is C25H38O2. The van der Waals surface area contributed by atoms with Gasteiger partial charge in [-0.2, -0.15) is 0 Å². The second kappa shape index (κ2) is 10.3. The Labute approximate surface area is 166 Å². The molecule has 0 aliphatic heterocycles. The molecule has 2 saturated carbocycles. The molecule has 0 amide bonds. The van der Waals surface area contributed by atoms with Crippen molar-refractivity contribution in [1.29, 1.82) is 0 Å². The molecular weight excluding hydrogens is 332 g/mol. The van der Waals surface area contributed by atoms with E-state index in [9.17, 15) is 4.79 Å². The summed E-state index contributed by atoms with van der Waals surface area (Å²) in [5, 5.41) is 0. The van der Waals surface area contributed by atoms with E-state index < -0.39 is 0 Å². The monoisotopic (exact) mass is 370 g/mol. The summed E-state index contributed by atoms with van der Waals surface area (Å²) in [7, 11) is 0. The summed E-state index contributed by atoms with van der Waals surface area (Å²) in [5.74, 6) is 3.18. The summed E-state index contributed by atoms with van der Waals surface area (Å²) in [6, 6.07) is 8.39. The van der Waals surface area contributed by atoms with Gasteiger partial charge in [0.1, 0.15) is 5.75 Å². The lowest BCUT2D eigenvalue weighted by atomic mass is 9.77. The molecule has 2 aliphatic carbocycles. The minimum atomic E-state index is -0.0159. The molecule has 2 heteroatoms. The molecule has 2 atom stereocenters. The maximum atomic E-state index is 12.5. The Hall–Kier alpha value is -1.31. The zero-order valence-electron chi connectivity index (χ0n) is 17.4. The number of esters is 1. The highest BCUT2D eigenvalue weighted by Crippen LogP contribution is 2.38. The maximum absolute atomic E-state index is 12.5. The first-order chi connectivity index (χ1) is 13.2. The van der Waals surface area contributed by atoms with Gasteiger partial charge in [0.25, 0.3) is 0 Å². The lowest BCUT2D eigenvalue weighted by molar-refractivity contribution is -0.138. The van der Waals surface area contributed by atoms with Crippen molar-refractivity contribution in [3.63, 3.8) is 0 Å². The van der Waals surface area contributed by atoms with Crippen LogP contribution in [0.3, 0.4) is 0 Å². The summed E-state index contributed by atoms with van der Waals surface area (Å²) in [6.07, 6.45) is 15.2. The van der Waals surface area contributed by atoms with E-state index >= 15 is 0 Å². The predicted octanol–water partition coefficient (Wildman–Crippen LogP) is 7.27. The summed E-state index contributed by atoms with van der Waals surface area (Å²) < 4.78 is 5.69. The molecule has 27 heavy (non-hydrogen) atoms. The van der Waals surface area contributed by atoms with E-state index in [0.717, 1.165) is 30.4 Å². The molecule has 0 unspecified atom stereocenters. The second-order valence-electron chi connectivity index (χ2n) is 9.01. The van der Waals surface area contributed by atoms with Gasteiger partial charge in [-0.15, -0.1) is 0 Å². The van der Waals surface area contributed by atoms with E-state index in [1.807, 2.05) is 12.1 Å². The fourth-order valence-electron chi connectivity index (χ4n) is 5.24. The lowest BCUT2D eigenvalue weighted by Crippen LogP contribution is -2.18. The molecule has 2 fully saturated rings. The highest BCUT2D eigenvalue weighted by Gasteiger charge is 2.30. The van der Waals surface area contributed by atoms with E-state index in [0.29, 0.717) is 5.92 Å². The van der Waals surface area contributed by atoms with Crippen LogP contribution >= 0.6 is 0 Å². The number of benzene rings is 1. The van der Waals surface area contributed by atoms with Crippen molar-refractivity contribution >= 4 is 5.97 Å². The van der Waals surface area contributed by atoms with E-state index in [1.165, 1.54) is 69.8 Å². The fourth-order valence-corrected chi connectivity index (χ4v) is 5.24. The Balaban J connectivity index is 1.46. The smallest absolute Gasteiger partial charge is 0.314 e. The quantitative estimate of drug-likeness (QED) is 0.355. The summed E-state index contributed by atoms with van der Waals surface area (Å²) in [4.78, 5) is 12.5. The van der Waals surface area contributed by atoms with Gasteiger partial charge in [-0.05, 0) is 80.4 Å². The average Bonchev–Trinajstić information content (AvgIpc) is 3.17. The summed E-state index contributed by atoms with van der Waals surface area (Å²) in [5.41, 5.74) is 1.42. The van der Waals surface area contributed by atoms with Crippen LogP contribution in [0.1, 0.15) is 102 Å². The summed E-state index contributed by atoms with van der Waals surface area (Å²) in [6.45, 7) is 4.51. The van der Waals surface area contributed by atoms with Gasteiger partial charge in [-0.3, -0.25) is 4.79 Å². The van der Waals surface area contributed by atoms with Crippen LogP contribution in [0.5, 0.6) is 5.75 Å². The van der Waals surface area contributed by atoms with Crippen molar-refractivity contribution < 1.29 is 9.53 Å². The number of unbranched alkanes of at least 4 members (excludes halogenated alkanes) is 1. The maximum Gasteiger partial charge on any atom is 0.314 e. The Morgan fingerprint density at radius 2 is 1.59 bits per heavy atom. The second-order valence-corrected chi connectivity index (χ2v) is 9.01. The van der Waals surface area contributed by atoms with Crippen LogP contribution < -0.4 is 4.74 Å². The Kier molecular flexibility index (Phi) is 7.79. The molecule has 0 N–H and O–H groups in total. The van der Waals surface area contributed by atoms with Crippen molar-refractivity contribution in [2.45, 2.75) is 96.8 Å². The van der Waals surface area contributed by atoms with E-state index in [1.54, 1.807) is 0 Å².